The van der Waals surface area contributed by atoms with Gasteiger partial charge in [-0.05, 0) is 44.2 Å². The number of anilines is 1. The molecule has 0 aliphatic heterocycles. The second kappa shape index (κ2) is 6.95. The molecule has 21 heavy (non-hydrogen) atoms. The van der Waals surface area contributed by atoms with Crippen LogP contribution >= 0.6 is 0 Å². The highest BCUT2D eigenvalue weighted by Crippen LogP contribution is 2.22. The van der Waals surface area contributed by atoms with Crippen molar-refractivity contribution in [1.82, 2.24) is 4.98 Å². The van der Waals surface area contributed by atoms with Crippen LogP contribution in [-0.2, 0) is 0 Å². The Morgan fingerprint density at radius 2 is 2.05 bits per heavy atom. The van der Waals surface area contributed by atoms with Gasteiger partial charge in [0.2, 0.25) is 0 Å². The summed E-state index contributed by atoms with van der Waals surface area (Å²) >= 11 is 0. The van der Waals surface area contributed by atoms with Crippen molar-refractivity contribution >= 4 is 11.6 Å². The van der Waals surface area contributed by atoms with Gasteiger partial charge in [0.25, 0.3) is 5.91 Å². The van der Waals surface area contributed by atoms with Gasteiger partial charge in [-0.3, -0.25) is 9.78 Å². The fourth-order valence-electron chi connectivity index (χ4n) is 2.11. The van der Waals surface area contributed by atoms with Gasteiger partial charge in [0.15, 0.2) is 0 Å². The third-order valence-corrected chi connectivity index (χ3v) is 3.21. The number of rotatable bonds is 5. The number of para-hydroxylation sites is 1. The molecule has 1 heterocycles. The van der Waals surface area contributed by atoms with Gasteiger partial charge < -0.3 is 10.6 Å². The molecule has 0 bridgehead atoms. The Morgan fingerprint density at radius 3 is 2.71 bits per heavy atom. The Bertz CT molecular complexity index is 630. The van der Waals surface area contributed by atoms with Gasteiger partial charge in [-0.1, -0.05) is 12.1 Å². The van der Waals surface area contributed by atoms with Gasteiger partial charge in [-0.2, -0.15) is 0 Å². The SMILES string of the molecule is Cc1ncccc1C(=O)N(CCCN)c1ccccc1F. The van der Waals surface area contributed by atoms with E-state index in [1.807, 2.05) is 0 Å². The first-order chi connectivity index (χ1) is 10.1. The molecule has 2 N–H and O–H groups in total. The molecule has 2 aromatic rings. The summed E-state index contributed by atoms with van der Waals surface area (Å²) in [6, 6.07) is 9.63. The molecule has 5 heteroatoms. The van der Waals surface area contributed by atoms with Crippen LogP contribution in [0.15, 0.2) is 42.6 Å². The maximum atomic E-state index is 14.0. The fraction of sp³-hybridized carbons (Fsp3) is 0.250. The van der Waals surface area contributed by atoms with E-state index in [1.54, 1.807) is 43.5 Å². The zero-order valence-electron chi connectivity index (χ0n) is 11.9. The minimum Gasteiger partial charge on any atom is -0.330 e. The summed E-state index contributed by atoms with van der Waals surface area (Å²) in [4.78, 5) is 18.2. The molecule has 1 aromatic carbocycles. The average molecular weight is 287 g/mol. The molecule has 110 valence electrons. The quantitative estimate of drug-likeness (QED) is 0.919. The minimum absolute atomic E-state index is 0.263. The molecule has 0 atom stereocenters. The Morgan fingerprint density at radius 1 is 1.29 bits per heavy atom. The maximum Gasteiger partial charge on any atom is 0.260 e. The molecule has 1 amide bonds. The predicted octanol–water partition coefficient (Wildman–Crippen LogP) is 2.52. The number of hydrogen-bond acceptors (Lipinski definition) is 3. The first-order valence-corrected chi connectivity index (χ1v) is 6.83. The van der Waals surface area contributed by atoms with Crippen molar-refractivity contribution in [3.63, 3.8) is 0 Å². The summed E-state index contributed by atoms with van der Waals surface area (Å²) in [6.45, 7) is 2.56. The summed E-state index contributed by atoms with van der Waals surface area (Å²) in [5.41, 5.74) is 6.87. The Balaban J connectivity index is 2.39. The summed E-state index contributed by atoms with van der Waals surface area (Å²) in [5, 5.41) is 0. The zero-order chi connectivity index (χ0) is 15.2. The molecule has 0 fully saturated rings. The summed E-state index contributed by atoms with van der Waals surface area (Å²) in [7, 11) is 0. The zero-order valence-corrected chi connectivity index (χ0v) is 11.9. The lowest BCUT2D eigenvalue weighted by Gasteiger charge is -2.23. The first-order valence-electron chi connectivity index (χ1n) is 6.83. The van der Waals surface area contributed by atoms with Crippen LogP contribution in [0.3, 0.4) is 0 Å². The monoisotopic (exact) mass is 287 g/mol. The van der Waals surface area contributed by atoms with Crippen molar-refractivity contribution in [3.05, 3.63) is 59.7 Å². The molecule has 2 rings (SSSR count). The third-order valence-electron chi connectivity index (χ3n) is 3.21. The van der Waals surface area contributed by atoms with Crippen molar-refractivity contribution in [1.29, 1.82) is 0 Å². The van der Waals surface area contributed by atoms with Crippen LogP contribution in [0, 0.1) is 12.7 Å². The van der Waals surface area contributed by atoms with Crippen LogP contribution in [0.1, 0.15) is 22.5 Å². The topological polar surface area (TPSA) is 59.2 Å². The largest absolute Gasteiger partial charge is 0.330 e. The number of amides is 1. The van der Waals surface area contributed by atoms with Crippen molar-refractivity contribution in [2.75, 3.05) is 18.0 Å². The molecule has 1 aromatic heterocycles. The van der Waals surface area contributed by atoms with Crippen molar-refractivity contribution < 1.29 is 9.18 Å². The molecule has 0 saturated heterocycles. The van der Waals surface area contributed by atoms with E-state index in [0.29, 0.717) is 30.8 Å². The van der Waals surface area contributed by atoms with Gasteiger partial charge in [0.1, 0.15) is 5.82 Å². The number of benzene rings is 1. The lowest BCUT2D eigenvalue weighted by atomic mass is 10.1. The first kappa shape index (κ1) is 15.1. The number of aryl methyl sites for hydroxylation is 1. The van der Waals surface area contributed by atoms with Gasteiger partial charge in [-0.25, -0.2) is 4.39 Å². The van der Waals surface area contributed by atoms with E-state index in [4.69, 9.17) is 5.73 Å². The van der Waals surface area contributed by atoms with Crippen LogP contribution < -0.4 is 10.6 Å². The number of halogens is 1. The number of carbonyl (C=O) groups excluding carboxylic acids is 1. The number of nitrogens with zero attached hydrogens (tertiary/aromatic N) is 2. The predicted molar refractivity (Wildman–Crippen MR) is 80.7 cm³/mol. The Hall–Kier alpha value is -2.27. The van der Waals surface area contributed by atoms with Gasteiger partial charge in [0, 0.05) is 18.4 Å². The van der Waals surface area contributed by atoms with Gasteiger partial charge >= 0.3 is 0 Å². The molecule has 0 unspecified atom stereocenters. The van der Waals surface area contributed by atoms with Crippen molar-refractivity contribution in [2.24, 2.45) is 5.73 Å². The van der Waals surface area contributed by atoms with Crippen LogP contribution in [0.2, 0.25) is 0 Å². The molecule has 0 spiro atoms. The lowest BCUT2D eigenvalue weighted by Crippen LogP contribution is -2.34. The Kier molecular flexibility index (Phi) is 5.00. The number of pyridine rings is 1. The number of carbonyl (C=O) groups is 1. The number of nitrogens with two attached hydrogens (primary N) is 1. The van der Waals surface area contributed by atoms with Gasteiger partial charge in [0.05, 0.1) is 11.3 Å². The smallest absolute Gasteiger partial charge is 0.260 e. The number of hydrogen-bond donors (Lipinski definition) is 1. The van der Waals surface area contributed by atoms with Crippen LogP contribution in [0.5, 0.6) is 0 Å². The van der Waals surface area contributed by atoms with E-state index in [0.717, 1.165) is 0 Å². The second-order valence-electron chi connectivity index (χ2n) is 4.69. The summed E-state index contributed by atoms with van der Waals surface area (Å²) < 4.78 is 14.0. The van der Waals surface area contributed by atoms with Crippen LogP contribution in [0.25, 0.3) is 0 Å². The minimum atomic E-state index is -0.426. The Labute approximate surface area is 123 Å². The highest BCUT2D eigenvalue weighted by atomic mass is 19.1. The van der Waals surface area contributed by atoms with Gasteiger partial charge in [-0.15, -0.1) is 0 Å². The molecular weight excluding hydrogens is 269 g/mol. The van der Waals surface area contributed by atoms with E-state index < -0.39 is 5.82 Å². The lowest BCUT2D eigenvalue weighted by molar-refractivity contribution is 0.0985. The van der Waals surface area contributed by atoms with Crippen molar-refractivity contribution in [2.45, 2.75) is 13.3 Å². The van der Waals surface area contributed by atoms with E-state index >= 15 is 0 Å². The second-order valence-corrected chi connectivity index (χ2v) is 4.69. The molecule has 0 saturated carbocycles. The van der Waals surface area contributed by atoms with Crippen molar-refractivity contribution in [3.8, 4) is 0 Å². The highest BCUT2D eigenvalue weighted by molar-refractivity contribution is 6.06. The van der Waals surface area contributed by atoms with E-state index in [-0.39, 0.29) is 11.6 Å². The number of aromatic nitrogens is 1. The fourth-order valence-corrected chi connectivity index (χ4v) is 2.11. The van der Waals surface area contributed by atoms with Crippen LogP contribution in [-0.4, -0.2) is 24.0 Å². The highest BCUT2D eigenvalue weighted by Gasteiger charge is 2.21. The van der Waals surface area contributed by atoms with E-state index in [1.165, 1.54) is 11.0 Å². The third kappa shape index (κ3) is 3.44. The summed E-state index contributed by atoms with van der Waals surface area (Å²) in [5.74, 6) is -0.691. The molecule has 0 aliphatic carbocycles. The molecule has 4 nitrogen and oxygen atoms in total. The molecule has 0 radical (unpaired) electrons. The maximum absolute atomic E-state index is 14.0. The summed E-state index contributed by atoms with van der Waals surface area (Å²) in [6.07, 6.45) is 2.22. The standard InChI is InChI=1S/C16H18FN3O/c1-12-13(6-4-10-19-12)16(21)20(11-5-9-18)15-8-3-2-7-14(15)17/h2-4,6-8,10H,5,9,11,18H2,1H3. The van der Waals surface area contributed by atoms with E-state index in [2.05, 4.69) is 4.98 Å². The molecule has 0 aliphatic rings. The van der Waals surface area contributed by atoms with E-state index in [9.17, 15) is 9.18 Å². The average Bonchev–Trinajstić information content (AvgIpc) is 2.49. The molecular formula is C16H18FN3O. The normalized spacial score (nSPS) is 10.4. The van der Waals surface area contributed by atoms with Crippen LogP contribution in [0.4, 0.5) is 10.1 Å².